The van der Waals surface area contributed by atoms with Gasteiger partial charge in [0.1, 0.15) is 18.7 Å². The second-order valence-electron chi connectivity index (χ2n) is 5.49. The molecule has 2 aromatic carbocycles. The lowest BCUT2D eigenvalue weighted by molar-refractivity contribution is -0.274. The lowest BCUT2D eigenvalue weighted by Gasteiger charge is -2.09. The fourth-order valence-corrected chi connectivity index (χ4v) is 2.24. The van der Waals surface area contributed by atoms with E-state index < -0.39 is 12.3 Å². The van der Waals surface area contributed by atoms with E-state index >= 15 is 0 Å². The van der Waals surface area contributed by atoms with Crippen LogP contribution in [0.2, 0.25) is 0 Å². The maximum Gasteiger partial charge on any atom is 0.573 e. The van der Waals surface area contributed by atoms with Gasteiger partial charge in [0.15, 0.2) is 0 Å². The highest BCUT2D eigenvalue weighted by atomic mass is 19.4. The van der Waals surface area contributed by atoms with Crippen LogP contribution in [0.25, 0.3) is 5.69 Å². The summed E-state index contributed by atoms with van der Waals surface area (Å²) in [5.41, 5.74) is 1.70. The molecule has 0 aliphatic carbocycles. The number of halogens is 3. The molecular weight excluding hydrogens is 379 g/mol. The molecule has 0 bridgehead atoms. The van der Waals surface area contributed by atoms with Crippen molar-refractivity contribution in [2.24, 2.45) is 0 Å². The third-order valence-corrected chi connectivity index (χ3v) is 3.55. The smallest absolute Gasteiger partial charge is 0.465 e. The van der Waals surface area contributed by atoms with Gasteiger partial charge < -0.3 is 14.2 Å². The normalized spacial score (nSPS) is 11.1. The van der Waals surface area contributed by atoms with Crippen LogP contribution in [0.3, 0.4) is 0 Å². The van der Waals surface area contributed by atoms with Gasteiger partial charge in [0.2, 0.25) is 0 Å². The minimum absolute atomic E-state index is 0.0904. The molecule has 0 spiro atoms. The number of carbonyl (C=O) groups excluding carboxylic acids is 1. The topological polar surface area (TPSA) is 75.5 Å². The minimum Gasteiger partial charge on any atom is -0.465 e. The number of benzene rings is 2. The number of ether oxygens (including phenoxy) is 3. The summed E-state index contributed by atoms with van der Waals surface area (Å²) in [6.45, 7) is 0.170. The molecule has 0 amide bonds. The first kappa shape index (κ1) is 19.2. The molecule has 0 radical (unpaired) electrons. The predicted octanol–water partition coefficient (Wildman–Crippen LogP) is 3.53. The summed E-state index contributed by atoms with van der Waals surface area (Å²) in [6, 6.07) is 11.9. The number of alkyl halides is 3. The Hall–Kier alpha value is -3.56. The summed E-state index contributed by atoms with van der Waals surface area (Å²) in [4.78, 5) is 15.4. The maximum atomic E-state index is 12.2. The number of hydrogen-bond acceptors (Lipinski definition) is 6. The Kier molecular flexibility index (Phi) is 5.48. The van der Waals surface area contributed by atoms with Gasteiger partial charge in [-0.3, -0.25) is 0 Å². The van der Waals surface area contributed by atoms with Gasteiger partial charge in [0.05, 0.1) is 18.4 Å². The zero-order valence-corrected chi connectivity index (χ0v) is 14.5. The van der Waals surface area contributed by atoms with Crippen LogP contribution in [0.5, 0.6) is 11.8 Å². The lowest BCUT2D eigenvalue weighted by Crippen LogP contribution is -2.17. The molecule has 0 atom stereocenters. The first-order chi connectivity index (χ1) is 13.3. The van der Waals surface area contributed by atoms with Crippen molar-refractivity contribution < 1.29 is 32.2 Å². The third-order valence-electron chi connectivity index (χ3n) is 3.55. The highest BCUT2D eigenvalue weighted by Crippen LogP contribution is 2.23. The number of hydrogen-bond donors (Lipinski definition) is 0. The molecule has 3 aromatic rings. The number of rotatable bonds is 6. The minimum atomic E-state index is -4.75. The van der Waals surface area contributed by atoms with E-state index in [2.05, 4.69) is 19.6 Å². The van der Waals surface area contributed by atoms with E-state index in [4.69, 9.17) is 4.74 Å². The van der Waals surface area contributed by atoms with E-state index in [0.717, 1.165) is 5.56 Å². The van der Waals surface area contributed by atoms with Gasteiger partial charge in [-0.2, -0.15) is 4.98 Å². The van der Waals surface area contributed by atoms with Crippen LogP contribution in [0.15, 0.2) is 54.9 Å². The molecule has 10 heteroatoms. The molecule has 1 heterocycles. The van der Waals surface area contributed by atoms with Crippen molar-refractivity contribution in [2.75, 3.05) is 7.11 Å². The number of esters is 1. The van der Waals surface area contributed by atoms with Crippen molar-refractivity contribution in [3.05, 3.63) is 66.0 Å². The van der Waals surface area contributed by atoms with Crippen molar-refractivity contribution in [3.8, 4) is 17.4 Å². The Bertz CT molecular complexity index is 938. The van der Waals surface area contributed by atoms with Crippen LogP contribution in [0.4, 0.5) is 13.2 Å². The van der Waals surface area contributed by atoms with E-state index in [-0.39, 0.29) is 18.4 Å². The van der Waals surface area contributed by atoms with Crippen molar-refractivity contribution >= 4 is 5.97 Å². The summed E-state index contributed by atoms with van der Waals surface area (Å²) in [5, 5.41) is 4.11. The highest BCUT2D eigenvalue weighted by molar-refractivity contribution is 5.89. The molecule has 0 saturated heterocycles. The summed E-state index contributed by atoms with van der Waals surface area (Å²) in [5.74, 6) is -0.761. The lowest BCUT2D eigenvalue weighted by atomic mass is 10.1. The molecule has 146 valence electrons. The van der Waals surface area contributed by atoms with E-state index in [1.165, 1.54) is 42.4 Å². The Balaban J connectivity index is 1.60. The first-order valence-corrected chi connectivity index (χ1v) is 7.92. The second-order valence-corrected chi connectivity index (χ2v) is 5.49. The van der Waals surface area contributed by atoms with Gasteiger partial charge in [0, 0.05) is 0 Å². The number of aromatic nitrogens is 3. The molecule has 0 N–H and O–H groups in total. The Morgan fingerprint density at radius 3 is 2.36 bits per heavy atom. The predicted molar refractivity (Wildman–Crippen MR) is 90.2 cm³/mol. The van der Waals surface area contributed by atoms with Gasteiger partial charge in [-0.15, -0.1) is 18.3 Å². The molecule has 3 rings (SSSR count). The molecular formula is C18H14F3N3O4. The fraction of sp³-hybridized carbons (Fsp3) is 0.167. The molecule has 0 saturated carbocycles. The molecule has 28 heavy (non-hydrogen) atoms. The molecule has 0 fully saturated rings. The zero-order valence-electron chi connectivity index (χ0n) is 14.5. The summed E-state index contributed by atoms with van der Waals surface area (Å²) in [6.07, 6.45) is -3.37. The highest BCUT2D eigenvalue weighted by Gasteiger charge is 2.30. The number of nitrogens with zero attached hydrogens (tertiary/aromatic N) is 3. The molecule has 7 nitrogen and oxygen atoms in total. The van der Waals surface area contributed by atoms with Gasteiger partial charge >= 0.3 is 18.3 Å². The molecule has 0 aliphatic heterocycles. The van der Waals surface area contributed by atoms with Crippen LogP contribution < -0.4 is 9.47 Å². The van der Waals surface area contributed by atoms with Crippen molar-refractivity contribution in [1.82, 2.24) is 14.8 Å². The van der Waals surface area contributed by atoms with Gasteiger partial charge in [-0.1, -0.05) is 12.1 Å². The summed E-state index contributed by atoms with van der Waals surface area (Å²) in [7, 11) is 1.30. The van der Waals surface area contributed by atoms with Crippen LogP contribution in [0.1, 0.15) is 15.9 Å². The van der Waals surface area contributed by atoms with Crippen molar-refractivity contribution in [3.63, 3.8) is 0 Å². The Labute approximate surface area is 157 Å². The summed E-state index contributed by atoms with van der Waals surface area (Å²) >= 11 is 0. The van der Waals surface area contributed by atoms with Gasteiger partial charge in [-0.05, 0) is 42.0 Å². The Morgan fingerprint density at radius 2 is 1.75 bits per heavy atom. The standard InChI is InChI=1S/C18H14F3N3O4/c1-26-16(25)13-4-2-12(3-5-13)10-27-17-22-11-24(23-17)14-6-8-15(9-7-14)28-18(19,20)21/h2-9,11H,10H2,1H3. The molecule has 0 unspecified atom stereocenters. The average molecular weight is 393 g/mol. The zero-order chi connectivity index (χ0) is 20.1. The first-order valence-electron chi connectivity index (χ1n) is 7.92. The van der Waals surface area contributed by atoms with Crippen LogP contribution in [-0.4, -0.2) is 34.2 Å². The fourth-order valence-electron chi connectivity index (χ4n) is 2.24. The average Bonchev–Trinajstić information content (AvgIpc) is 3.14. The van der Waals surface area contributed by atoms with Crippen LogP contribution in [0, 0.1) is 0 Å². The second kappa shape index (κ2) is 7.99. The molecule has 1 aromatic heterocycles. The SMILES string of the molecule is COC(=O)c1ccc(COc2ncn(-c3ccc(OC(F)(F)F)cc3)n2)cc1. The van der Waals surface area contributed by atoms with E-state index in [1.54, 1.807) is 24.3 Å². The number of methoxy groups -OCH3 is 1. The van der Waals surface area contributed by atoms with Crippen LogP contribution in [-0.2, 0) is 11.3 Å². The van der Waals surface area contributed by atoms with E-state index in [0.29, 0.717) is 11.3 Å². The maximum absolute atomic E-state index is 12.2. The third kappa shape index (κ3) is 5.00. The van der Waals surface area contributed by atoms with Crippen LogP contribution >= 0.6 is 0 Å². The number of carbonyl (C=O) groups is 1. The largest absolute Gasteiger partial charge is 0.573 e. The monoisotopic (exact) mass is 393 g/mol. The van der Waals surface area contributed by atoms with E-state index in [1.807, 2.05) is 0 Å². The van der Waals surface area contributed by atoms with Gasteiger partial charge in [-0.25, -0.2) is 9.48 Å². The Morgan fingerprint density at radius 1 is 1.07 bits per heavy atom. The quantitative estimate of drug-likeness (QED) is 0.597. The van der Waals surface area contributed by atoms with E-state index in [9.17, 15) is 18.0 Å². The molecule has 0 aliphatic rings. The van der Waals surface area contributed by atoms with Crippen molar-refractivity contribution in [2.45, 2.75) is 13.0 Å². The van der Waals surface area contributed by atoms with Crippen molar-refractivity contribution in [1.29, 1.82) is 0 Å². The van der Waals surface area contributed by atoms with Gasteiger partial charge in [0.25, 0.3) is 0 Å². The summed E-state index contributed by atoms with van der Waals surface area (Å²) < 4.78 is 51.8.